The quantitative estimate of drug-likeness (QED) is 0.887. The molecule has 2 aromatic rings. The molecular weight excluding hydrogens is 260 g/mol. The molecular formula is C18H24N2O. The summed E-state index contributed by atoms with van der Waals surface area (Å²) in [6, 6.07) is 12.1. The molecule has 112 valence electrons. The molecule has 1 aromatic heterocycles. The van der Waals surface area contributed by atoms with Gasteiger partial charge in [-0.15, -0.1) is 0 Å². The van der Waals surface area contributed by atoms with Gasteiger partial charge >= 0.3 is 0 Å². The van der Waals surface area contributed by atoms with Gasteiger partial charge in [-0.1, -0.05) is 25.1 Å². The molecule has 2 rings (SSSR count). The molecule has 0 spiro atoms. The van der Waals surface area contributed by atoms with Crippen molar-refractivity contribution in [1.82, 2.24) is 10.3 Å². The standard InChI is InChI=1S/C18H24N2O/c1-5-14-8-10-16(11-9-14)21-17-15(7-6-12-19-17)13-20-18(2,3)4/h6-12,20H,5,13H2,1-4H3. The van der Waals surface area contributed by atoms with Gasteiger partial charge in [-0.25, -0.2) is 4.98 Å². The topological polar surface area (TPSA) is 34.1 Å². The number of hydrogen-bond acceptors (Lipinski definition) is 3. The van der Waals surface area contributed by atoms with Gasteiger partial charge in [0.05, 0.1) is 0 Å². The van der Waals surface area contributed by atoms with Crippen LogP contribution in [-0.2, 0) is 13.0 Å². The summed E-state index contributed by atoms with van der Waals surface area (Å²) in [4.78, 5) is 4.36. The van der Waals surface area contributed by atoms with Crippen molar-refractivity contribution < 1.29 is 4.74 Å². The van der Waals surface area contributed by atoms with E-state index in [1.807, 2.05) is 24.3 Å². The van der Waals surface area contributed by atoms with Crippen LogP contribution in [0.1, 0.15) is 38.8 Å². The van der Waals surface area contributed by atoms with Crippen LogP contribution >= 0.6 is 0 Å². The van der Waals surface area contributed by atoms with Gasteiger partial charge in [-0.3, -0.25) is 0 Å². The Morgan fingerprint density at radius 1 is 1.10 bits per heavy atom. The molecule has 0 bridgehead atoms. The number of nitrogens with zero attached hydrogens (tertiary/aromatic N) is 1. The number of pyridine rings is 1. The monoisotopic (exact) mass is 284 g/mol. The minimum atomic E-state index is 0.0654. The van der Waals surface area contributed by atoms with E-state index >= 15 is 0 Å². The minimum Gasteiger partial charge on any atom is -0.439 e. The second-order valence-corrected chi connectivity index (χ2v) is 6.17. The molecule has 0 aliphatic heterocycles. The van der Waals surface area contributed by atoms with Crippen LogP contribution in [0.4, 0.5) is 0 Å². The van der Waals surface area contributed by atoms with Crippen LogP contribution in [0.15, 0.2) is 42.6 Å². The molecule has 1 heterocycles. The molecule has 1 N–H and O–H groups in total. The van der Waals surface area contributed by atoms with E-state index < -0.39 is 0 Å². The third kappa shape index (κ3) is 4.87. The Labute approximate surface area is 127 Å². The van der Waals surface area contributed by atoms with Crippen LogP contribution in [0.3, 0.4) is 0 Å². The Hall–Kier alpha value is -1.87. The second kappa shape index (κ2) is 6.72. The summed E-state index contributed by atoms with van der Waals surface area (Å²) >= 11 is 0. The van der Waals surface area contributed by atoms with E-state index in [9.17, 15) is 0 Å². The number of benzene rings is 1. The molecule has 0 aliphatic carbocycles. The molecule has 3 nitrogen and oxygen atoms in total. The van der Waals surface area contributed by atoms with Crippen LogP contribution in [0.25, 0.3) is 0 Å². The lowest BCUT2D eigenvalue weighted by Gasteiger charge is -2.21. The molecule has 3 heteroatoms. The van der Waals surface area contributed by atoms with Crippen LogP contribution in [-0.4, -0.2) is 10.5 Å². The lowest BCUT2D eigenvalue weighted by Crippen LogP contribution is -2.35. The Bertz CT molecular complexity index is 571. The van der Waals surface area contributed by atoms with Gasteiger partial charge in [-0.2, -0.15) is 0 Å². The van der Waals surface area contributed by atoms with Crippen molar-refractivity contribution >= 4 is 0 Å². The third-order valence-corrected chi connectivity index (χ3v) is 3.21. The molecule has 0 atom stereocenters. The van der Waals surface area contributed by atoms with Gasteiger partial charge in [-0.05, 0) is 51.0 Å². The van der Waals surface area contributed by atoms with Crippen molar-refractivity contribution in [2.75, 3.05) is 0 Å². The van der Waals surface area contributed by atoms with Gasteiger partial charge in [0.1, 0.15) is 5.75 Å². The smallest absolute Gasteiger partial charge is 0.223 e. The fourth-order valence-corrected chi connectivity index (χ4v) is 1.92. The van der Waals surface area contributed by atoms with E-state index in [1.54, 1.807) is 6.20 Å². The molecule has 0 saturated carbocycles. The van der Waals surface area contributed by atoms with Gasteiger partial charge in [0.25, 0.3) is 0 Å². The number of rotatable bonds is 5. The maximum Gasteiger partial charge on any atom is 0.223 e. The normalized spacial score (nSPS) is 11.4. The van der Waals surface area contributed by atoms with E-state index in [0.717, 1.165) is 24.3 Å². The first-order valence-corrected chi connectivity index (χ1v) is 7.43. The van der Waals surface area contributed by atoms with E-state index in [2.05, 4.69) is 50.1 Å². The summed E-state index contributed by atoms with van der Waals surface area (Å²) in [5, 5.41) is 3.46. The number of ether oxygens (including phenoxy) is 1. The van der Waals surface area contributed by atoms with Crippen molar-refractivity contribution in [2.45, 2.75) is 46.2 Å². The number of aryl methyl sites for hydroxylation is 1. The molecule has 0 unspecified atom stereocenters. The summed E-state index contributed by atoms with van der Waals surface area (Å²) in [6.07, 6.45) is 2.79. The SMILES string of the molecule is CCc1ccc(Oc2ncccc2CNC(C)(C)C)cc1. The first-order valence-electron chi connectivity index (χ1n) is 7.43. The van der Waals surface area contributed by atoms with Crippen molar-refractivity contribution in [3.63, 3.8) is 0 Å². The second-order valence-electron chi connectivity index (χ2n) is 6.17. The van der Waals surface area contributed by atoms with Gasteiger partial charge in [0.2, 0.25) is 5.88 Å². The largest absolute Gasteiger partial charge is 0.439 e. The number of aromatic nitrogens is 1. The average molecular weight is 284 g/mol. The predicted molar refractivity (Wildman–Crippen MR) is 86.7 cm³/mol. The molecule has 0 amide bonds. The zero-order valence-electron chi connectivity index (χ0n) is 13.3. The Morgan fingerprint density at radius 2 is 1.81 bits per heavy atom. The molecule has 0 radical (unpaired) electrons. The van der Waals surface area contributed by atoms with Crippen molar-refractivity contribution in [1.29, 1.82) is 0 Å². The zero-order valence-corrected chi connectivity index (χ0v) is 13.3. The highest BCUT2D eigenvalue weighted by atomic mass is 16.5. The molecule has 0 aliphatic rings. The van der Waals surface area contributed by atoms with E-state index in [4.69, 9.17) is 4.74 Å². The highest BCUT2D eigenvalue weighted by Crippen LogP contribution is 2.23. The summed E-state index contributed by atoms with van der Waals surface area (Å²) in [5.41, 5.74) is 2.43. The van der Waals surface area contributed by atoms with Crippen molar-refractivity contribution in [3.8, 4) is 11.6 Å². The Balaban J connectivity index is 2.11. The van der Waals surface area contributed by atoms with Gasteiger partial charge in [0.15, 0.2) is 0 Å². The fourth-order valence-electron chi connectivity index (χ4n) is 1.92. The summed E-state index contributed by atoms with van der Waals surface area (Å²) < 4.78 is 5.92. The molecule has 0 saturated heterocycles. The van der Waals surface area contributed by atoms with E-state index in [1.165, 1.54) is 5.56 Å². The fraction of sp³-hybridized carbons (Fsp3) is 0.389. The average Bonchev–Trinajstić information content (AvgIpc) is 2.46. The molecule has 0 fully saturated rings. The Morgan fingerprint density at radius 3 is 2.43 bits per heavy atom. The lowest BCUT2D eigenvalue weighted by molar-refractivity contribution is 0.409. The highest BCUT2D eigenvalue weighted by molar-refractivity contribution is 5.34. The predicted octanol–water partition coefficient (Wildman–Crippen LogP) is 4.32. The van der Waals surface area contributed by atoms with Gasteiger partial charge in [0, 0.05) is 23.8 Å². The van der Waals surface area contributed by atoms with Crippen LogP contribution < -0.4 is 10.1 Å². The highest BCUT2D eigenvalue weighted by Gasteiger charge is 2.12. The van der Waals surface area contributed by atoms with E-state index in [-0.39, 0.29) is 5.54 Å². The van der Waals surface area contributed by atoms with Crippen LogP contribution in [0, 0.1) is 0 Å². The van der Waals surface area contributed by atoms with Crippen molar-refractivity contribution in [3.05, 3.63) is 53.7 Å². The first-order chi connectivity index (χ1) is 9.98. The maximum absolute atomic E-state index is 5.92. The molecule has 1 aromatic carbocycles. The first kappa shape index (κ1) is 15.5. The Kier molecular flexibility index (Phi) is 4.97. The van der Waals surface area contributed by atoms with Crippen molar-refractivity contribution in [2.24, 2.45) is 0 Å². The van der Waals surface area contributed by atoms with Crippen LogP contribution in [0.5, 0.6) is 11.6 Å². The van der Waals surface area contributed by atoms with Gasteiger partial charge < -0.3 is 10.1 Å². The van der Waals surface area contributed by atoms with E-state index in [0.29, 0.717) is 5.88 Å². The number of hydrogen-bond donors (Lipinski definition) is 1. The maximum atomic E-state index is 5.92. The summed E-state index contributed by atoms with van der Waals surface area (Å²) in [7, 11) is 0. The lowest BCUT2D eigenvalue weighted by atomic mass is 10.1. The minimum absolute atomic E-state index is 0.0654. The third-order valence-electron chi connectivity index (χ3n) is 3.21. The van der Waals surface area contributed by atoms with Crippen LogP contribution in [0.2, 0.25) is 0 Å². The number of nitrogens with one attached hydrogen (secondary N) is 1. The summed E-state index contributed by atoms with van der Waals surface area (Å²) in [5.74, 6) is 1.49. The zero-order chi connectivity index (χ0) is 15.3. The summed E-state index contributed by atoms with van der Waals surface area (Å²) in [6.45, 7) is 9.32. The molecule has 21 heavy (non-hydrogen) atoms.